The van der Waals surface area contributed by atoms with Gasteiger partial charge < -0.3 is 4.74 Å². The third-order valence-corrected chi connectivity index (χ3v) is 2.66. The number of ether oxygens (including phenoxy) is 1. The van der Waals surface area contributed by atoms with E-state index in [0.29, 0.717) is 13.2 Å². The molecule has 2 saturated heterocycles. The van der Waals surface area contributed by atoms with Gasteiger partial charge in [-0.3, -0.25) is 4.90 Å². The highest BCUT2D eigenvalue weighted by atomic mass is 19.2. The Balaban J connectivity index is 2.21. The number of halogens is 2. The van der Waals surface area contributed by atoms with Crippen LogP contribution in [0.3, 0.4) is 0 Å². The summed E-state index contributed by atoms with van der Waals surface area (Å²) < 4.78 is 31.1. The van der Waals surface area contributed by atoms with E-state index in [0.717, 1.165) is 0 Å². The van der Waals surface area contributed by atoms with Gasteiger partial charge in [0.05, 0.1) is 25.3 Å². The van der Waals surface area contributed by atoms with Crippen molar-refractivity contribution in [3.8, 4) is 0 Å². The molecule has 4 atom stereocenters. The van der Waals surface area contributed by atoms with E-state index < -0.39 is 12.3 Å². The Hall–Kier alpha value is -0.220. The van der Waals surface area contributed by atoms with Crippen LogP contribution in [0.1, 0.15) is 0 Å². The van der Waals surface area contributed by atoms with Crippen LogP contribution in [0.4, 0.5) is 8.78 Å². The molecule has 0 aliphatic carbocycles. The molecule has 2 nitrogen and oxygen atoms in total. The maximum absolute atomic E-state index is 13.0. The number of likely N-dealkylation sites (N-methyl/N-ethyl adjacent to an activating group) is 1. The zero-order valence-electron chi connectivity index (χ0n) is 6.34. The molecule has 2 aliphatic rings. The van der Waals surface area contributed by atoms with Gasteiger partial charge in [-0.15, -0.1) is 0 Å². The lowest BCUT2D eigenvalue weighted by Crippen LogP contribution is -2.45. The monoisotopic (exact) mass is 163 g/mol. The maximum atomic E-state index is 13.0. The molecule has 0 radical (unpaired) electrons. The van der Waals surface area contributed by atoms with E-state index in [1.165, 1.54) is 0 Å². The molecule has 0 amide bonds. The fraction of sp³-hybridized carbons (Fsp3) is 1.00. The van der Waals surface area contributed by atoms with E-state index in [9.17, 15) is 8.78 Å². The standard InChI is InChI=1S/C7H11F2NO/c1-10-4-2-11-3-5(10)7(9)6(4)8/h4-7H,2-3H2,1H3. The van der Waals surface area contributed by atoms with Crippen LogP contribution >= 0.6 is 0 Å². The highest BCUT2D eigenvalue weighted by molar-refractivity contribution is 5.02. The first-order chi connectivity index (χ1) is 5.22. The summed E-state index contributed by atoms with van der Waals surface area (Å²) in [6.45, 7) is 0.656. The Morgan fingerprint density at radius 2 is 1.64 bits per heavy atom. The summed E-state index contributed by atoms with van der Waals surface area (Å²) >= 11 is 0. The van der Waals surface area contributed by atoms with E-state index in [4.69, 9.17) is 4.74 Å². The molecule has 0 aromatic carbocycles. The summed E-state index contributed by atoms with van der Waals surface area (Å²) in [4.78, 5) is 1.75. The lowest BCUT2D eigenvalue weighted by molar-refractivity contribution is -0.0133. The summed E-state index contributed by atoms with van der Waals surface area (Å²) in [6.07, 6.45) is -2.71. The van der Waals surface area contributed by atoms with Gasteiger partial charge >= 0.3 is 0 Å². The van der Waals surface area contributed by atoms with Crippen molar-refractivity contribution in [3.05, 3.63) is 0 Å². The molecule has 0 aromatic rings. The third-order valence-electron chi connectivity index (χ3n) is 2.66. The number of hydrogen-bond donors (Lipinski definition) is 0. The molecule has 0 spiro atoms. The van der Waals surface area contributed by atoms with E-state index in [1.54, 1.807) is 11.9 Å². The minimum Gasteiger partial charge on any atom is -0.378 e. The maximum Gasteiger partial charge on any atom is 0.150 e. The van der Waals surface area contributed by atoms with E-state index in [1.807, 2.05) is 0 Å². The molecule has 4 heteroatoms. The summed E-state index contributed by atoms with van der Waals surface area (Å²) in [6, 6.07) is -0.715. The van der Waals surface area contributed by atoms with E-state index in [-0.39, 0.29) is 12.1 Å². The zero-order chi connectivity index (χ0) is 8.01. The molecular formula is C7H11F2NO. The third kappa shape index (κ3) is 0.891. The van der Waals surface area contributed by atoms with Crippen LogP contribution in [0.15, 0.2) is 0 Å². The molecule has 2 rings (SSSR count). The number of hydrogen-bond acceptors (Lipinski definition) is 2. The fourth-order valence-corrected chi connectivity index (χ4v) is 1.85. The van der Waals surface area contributed by atoms with Crippen molar-refractivity contribution in [1.29, 1.82) is 0 Å². The van der Waals surface area contributed by atoms with Crippen molar-refractivity contribution in [1.82, 2.24) is 4.90 Å². The van der Waals surface area contributed by atoms with Crippen molar-refractivity contribution in [2.45, 2.75) is 24.4 Å². The van der Waals surface area contributed by atoms with Gasteiger partial charge in [-0.1, -0.05) is 0 Å². The smallest absolute Gasteiger partial charge is 0.150 e. The summed E-state index contributed by atoms with van der Waals surface area (Å²) in [5.41, 5.74) is 0. The van der Waals surface area contributed by atoms with Crippen LogP contribution in [0.5, 0.6) is 0 Å². The number of rotatable bonds is 0. The Morgan fingerprint density at radius 1 is 1.18 bits per heavy atom. The predicted molar refractivity (Wildman–Crippen MR) is 36.0 cm³/mol. The highest BCUT2D eigenvalue weighted by Gasteiger charge is 2.50. The molecule has 2 fully saturated rings. The quantitative estimate of drug-likeness (QED) is 0.511. The van der Waals surface area contributed by atoms with Crippen LogP contribution in [0.2, 0.25) is 0 Å². The van der Waals surface area contributed by atoms with Crippen LogP contribution in [-0.2, 0) is 4.74 Å². The molecule has 2 bridgehead atoms. The zero-order valence-corrected chi connectivity index (χ0v) is 6.34. The molecule has 2 heterocycles. The average Bonchev–Trinajstić information content (AvgIpc) is 2.19. The van der Waals surface area contributed by atoms with Crippen LogP contribution in [0.25, 0.3) is 0 Å². The first-order valence-electron chi connectivity index (χ1n) is 3.79. The largest absolute Gasteiger partial charge is 0.378 e. The fourth-order valence-electron chi connectivity index (χ4n) is 1.85. The highest BCUT2D eigenvalue weighted by Crippen LogP contribution is 2.31. The van der Waals surface area contributed by atoms with Gasteiger partial charge in [0, 0.05) is 0 Å². The Bertz CT molecular complexity index is 143. The molecular weight excluding hydrogens is 152 g/mol. The molecule has 0 N–H and O–H groups in total. The van der Waals surface area contributed by atoms with Crippen LogP contribution < -0.4 is 0 Å². The number of nitrogens with zero attached hydrogens (tertiary/aromatic N) is 1. The van der Waals surface area contributed by atoms with Crippen molar-refractivity contribution < 1.29 is 13.5 Å². The summed E-state index contributed by atoms with van der Waals surface area (Å²) in [5, 5.41) is 0. The lowest BCUT2D eigenvalue weighted by atomic mass is 10.1. The summed E-state index contributed by atoms with van der Waals surface area (Å²) in [5.74, 6) is 0. The predicted octanol–water partition coefficient (Wildman–Crippen LogP) is 0.375. The average molecular weight is 163 g/mol. The van der Waals surface area contributed by atoms with Gasteiger partial charge in [0.1, 0.15) is 0 Å². The SMILES string of the molecule is CN1C2COCC1C(F)C2F. The lowest BCUT2D eigenvalue weighted by Gasteiger charge is -2.30. The topological polar surface area (TPSA) is 12.5 Å². The van der Waals surface area contributed by atoms with Gasteiger partial charge in [0.2, 0.25) is 0 Å². The van der Waals surface area contributed by atoms with Gasteiger partial charge in [0.15, 0.2) is 12.3 Å². The Labute approximate surface area is 64.1 Å². The number of fused-ring (bicyclic) bond motifs is 2. The molecule has 0 saturated carbocycles. The normalized spacial score (nSPS) is 51.5. The molecule has 4 unspecified atom stereocenters. The second-order valence-electron chi connectivity index (χ2n) is 3.23. The molecule has 64 valence electrons. The van der Waals surface area contributed by atoms with Gasteiger partial charge in [0.25, 0.3) is 0 Å². The second kappa shape index (κ2) is 2.38. The Kier molecular flexibility index (Phi) is 1.61. The van der Waals surface area contributed by atoms with Crippen LogP contribution in [-0.4, -0.2) is 49.6 Å². The first kappa shape index (κ1) is 7.43. The summed E-state index contributed by atoms with van der Waals surface area (Å²) in [7, 11) is 1.75. The van der Waals surface area contributed by atoms with E-state index in [2.05, 4.69) is 0 Å². The van der Waals surface area contributed by atoms with E-state index >= 15 is 0 Å². The van der Waals surface area contributed by atoms with Crippen molar-refractivity contribution >= 4 is 0 Å². The number of alkyl halides is 2. The minimum atomic E-state index is -1.35. The molecule has 11 heavy (non-hydrogen) atoms. The minimum absolute atomic E-state index is 0.328. The first-order valence-corrected chi connectivity index (χ1v) is 3.79. The van der Waals surface area contributed by atoms with Crippen molar-refractivity contribution in [3.63, 3.8) is 0 Å². The molecule has 0 aromatic heterocycles. The Morgan fingerprint density at radius 3 is 2.00 bits per heavy atom. The molecule has 2 aliphatic heterocycles. The van der Waals surface area contributed by atoms with Crippen LogP contribution in [0, 0.1) is 0 Å². The van der Waals surface area contributed by atoms with Gasteiger partial charge in [-0.2, -0.15) is 0 Å². The number of morpholine rings is 1. The van der Waals surface area contributed by atoms with Crippen molar-refractivity contribution in [2.24, 2.45) is 0 Å². The van der Waals surface area contributed by atoms with Gasteiger partial charge in [-0.25, -0.2) is 8.78 Å². The second-order valence-corrected chi connectivity index (χ2v) is 3.23. The van der Waals surface area contributed by atoms with Gasteiger partial charge in [-0.05, 0) is 7.05 Å². The van der Waals surface area contributed by atoms with Crippen molar-refractivity contribution in [2.75, 3.05) is 20.3 Å².